The summed E-state index contributed by atoms with van der Waals surface area (Å²) in [6, 6.07) is 2.29. The number of aromatic hydroxyl groups is 2. The molecule has 0 amide bonds. The van der Waals surface area contributed by atoms with Crippen LogP contribution in [-0.4, -0.2) is 39.8 Å². The number of carbonyl (C=O) groups is 2. The molecule has 0 aromatic heterocycles. The smallest absolute Gasteiger partial charge is 0.310 e. The number of ketones is 1. The molecule has 1 atom stereocenters. The van der Waals surface area contributed by atoms with Gasteiger partial charge in [0.15, 0.2) is 5.78 Å². The summed E-state index contributed by atoms with van der Waals surface area (Å²) in [7, 11) is 0. The lowest BCUT2D eigenvalue weighted by Gasteiger charge is -2.09. The molecule has 1 rings (SSSR count). The van der Waals surface area contributed by atoms with E-state index in [0.717, 1.165) is 6.07 Å². The first-order chi connectivity index (χ1) is 11.3. The average Bonchev–Trinajstić information content (AvgIpc) is 2.45. The molecule has 0 aliphatic carbocycles. The van der Waals surface area contributed by atoms with Crippen LogP contribution in [0.25, 0.3) is 0 Å². The minimum absolute atomic E-state index is 0.0546. The molecule has 0 aliphatic rings. The Bertz CT molecular complexity index is 643. The Hall–Kier alpha value is -2.60. The Kier molecular flexibility index (Phi) is 7.71. The SMILES string of the molecule is CCOC(=O)Cc1cc(O)cc(O)c1C(=O)/C=C/C=C/C[C@H](C)O. The lowest BCUT2D eigenvalue weighted by molar-refractivity contribution is -0.142. The van der Waals surface area contributed by atoms with Gasteiger partial charge < -0.3 is 20.1 Å². The Morgan fingerprint density at radius 3 is 2.58 bits per heavy atom. The number of hydrogen-bond donors (Lipinski definition) is 3. The topological polar surface area (TPSA) is 104 Å². The van der Waals surface area contributed by atoms with E-state index in [9.17, 15) is 19.8 Å². The first kappa shape index (κ1) is 19.4. The molecule has 6 heteroatoms. The van der Waals surface area contributed by atoms with Crippen LogP contribution < -0.4 is 0 Å². The zero-order valence-electron chi connectivity index (χ0n) is 13.7. The van der Waals surface area contributed by atoms with E-state index in [-0.39, 0.29) is 29.9 Å². The van der Waals surface area contributed by atoms with Gasteiger partial charge in [-0.05, 0) is 38.0 Å². The normalized spacial score (nSPS) is 12.6. The van der Waals surface area contributed by atoms with E-state index in [4.69, 9.17) is 9.84 Å². The third kappa shape index (κ3) is 6.26. The van der Waals surface area contributed by atoms with Gasteiger partial charge in [0.2, 0.25) is 0 Å². The highest BCUT2D eigenvalue weighted by molar-refractivity contribution is 6.08. The molecule has 0 bridgehead atoms. The van der Waals surface area contributed by atoms with Crippen LogP contribution >= 0.6 is 0 Å². The van der Waals surface area contributed by atoms with Gasteiger partial charge in [-0.3, -0.25) is 9.59 Å². The number of hydrogen-bond acceptors (Lipinski definition) is 6. The molecule has 3 N–H and O–H groups in total. The minimum Gasteiger partial charge on any atom is -0.508 e. The number of aliphatic hydroxyl groups excluding tert-OH is 1. The summed E-state index contributed by atoms with van der Waals surface area (Å²) in [6.45, 7) is 3.50. The van der Waals surface area contributed by atoms with Gasteiger partial charge in [-0.25, -0.2) is 0 Å². The van der Waals surface area contributed by atoms with Crippen molar-refractivity contribution < 1.29 is 29.6 Å². The van der Waals surface area contributed by atoms with Gasteiger partial charge in [-0.2, -0.15) is 0 Å². The highest BCUT2D eigenvalue weighted by atomic mass is 16.5. The first-order valence-corrected chi connectivity index (χ1v) is 7.61. The van der Waals surface area contributed by atoms with Gasteiger partial charge in [-0.1, -0.05) is 18.2 Å². The highest BCUT2D eigenvalue weighted by Crippen LogP contribution is 2.28. The number of ether oxygens (including phenoxy) is 1. The second-order valence-electron chi connectivity index (χ2n) is 5.22. The fourth-order valence-electron chi connectivity index (χ4n) is 2.04. The van der Waals surface area contributed by atoms with Gasteiger partial charge in [0, 0.05) is 6.07 Å². The van der Waals surface area contributed by atoms with Gasteiger partial charge >= 0.3 is 5.97 Å². The van der Waals surface area contributed by atoms with Gasteiger partial charge in [0.1, 0.15) is 11.5 Å². The lowest BCUT2D eigenvalue weighted by atomic mass is 9.99. The third-order valence-corrected chi connectivity index (χ3v) is 3.04. The summed E-state index contributed by atoms with van der Waals surface area (Å²) in [6.07, 6.45) is 5.77. The largest absolute Gasteiger partial charge is 0.508 e. The minimum atomic E-state index is -0.558. The standard InChI is InChI=1S/C18H22O6/c1-3-24-17(23)10-13-9-14(20)11-16(22)18(13)15(21)8-6-4-5-7-12(2)19/h4-6,8-9,11-12,19-20,22H,3,7,10H2,1-2H3/b5-4+,8-6+/t12-/m0/s1. The fraction of sp³-hybridized carbons (Fsp3) is 0.333. The van der Waals surface area contributed by atoms with Crippen LogP contribution in [0.2, 0.25) is 0 Å². The van der Waals surface area contributed by atoms with E-state index in [1.807, 2.05) is 0 Å². The number of phenolic OH excluding ortho intramolecular Hbond substituents is 2. The van der Waals surface area contributed by atoms with Crippen molar-refractivity contribution in [2.75, 3.05) is 6.61 Å². The zero-order valence-corrected chi connectivity index (χ0v) is 13.7. The van der Waals surface area contributed by atoms with Crippen LogP contribution in [0.5, 0.6) is 11.5 Å². The number of allylic oxidation sites excluding steroid dienone is 3. The van der Waals surface area contributed by atoms with Crippen molar-refractivity contribution in [3.63, 3.8) is 0 Å². The monoisotopic (exact) mass is 334 g/mol. The van der Waals surface area contributed by atoms with Crippen molar-refractivity contribution in [2.24, 2.45) is 0 Å². The quantitative estimate of drug-likeness (QED) is 0.292. The molecule has 24 heavy (non-hydrogen) atoms. The van der Waals surface area contributed by atoms with E-state index >= 15 is 0 Å². The van der Waals surface area contributed by atoms with Gasteiger partial charge in [0.05, 0.1) is 24.7 Å². The highest BCUT2D eigenvalue weighted by Gasteiger charge is 2.18. The van der Waals surface area contributed by atoms with Crippen LogP contribution in [0.1, 0.15) is 36.2 Å². The van der Waals surface area contributed by atoms with E-state index in [1.165, 1.54) is 18.2 Å². The van der Waals surface area contributed by atoms with Crippen LogP contribution in [0.4, 0.5) is 0 Å². The van der Waals surface area contributed by atoms with Gasteiger partial charge in [0.25, 0.3) is 0 Å². The molecule has 0 aliphatic heterocycles. The summed E-state index contributed by atoms with van der Waals surface area (Å²) in [4.78, 5) is 23.9. The number of aliphatic hydroxyl groups is 1. The van der Waals surface area contributed by atoms with Crippen LogP contribution in [0.15, 0.2) is 36.4 Å². The van der Waals surface area contributed by atoms with Crippen LogP contribution in [-0.2, 0) is 16.0 Å². The summed E-state index contributed by atoms with van der Waals surface area (Å²) in [5, 5.41) is 28.6. The van der Waals surface area contributed by atoms with Crippen molar-refractivity contribution in [3.8, 4) is 11.5 Å². The van der Waals surface area contributed by atoms with Crippen molar-refractivity contribution >= 4 is 11.8 Å². The Balaban J connectivity index is 2.99. The summed E-state index contributed by atoms with van der Waals surface area (Å²) in [5.41, 5.74) is 0.134. The molecule has 0 unspecified atom stereocenters. The maximum Gasteiger partial charge on any atom is 0.310 e. The number of carbonyl (C=O) groups excluding carboxylic acids is 2. The molecule has 0 spiro atoms. The Morgan fingerprint density at radius 2 is 1.96 bits per heavy atom. The van der Waals surface area contributed by atoms with E-state index in [2.05, 4.69) is 0 Å². The fourth-order valence-corrected chi connectivity index (χ4v) is 2.04. The lowest BCUT2D eigenvalue weighted by Crippen LogP contribution is -2.11. The molecule has 1 aromatic rings. The van der Waals surface area contributed by atoms with Crippen LogP contribution in [0.3, 0.4) is 0 Å². The molecule has 130 valence electrons. The molecular weight excluding hydrogens is 312 g/mol. The van der Waals surface area contributed by atoms with E-state index in [0.29, 0.717) is 6.42 Å². The number of rotatable bonds is 8. The number of esters is 1. The van der Waals surface area contributed by atoms with Crippen molar-refractivity contribution in [1.29, 1.82) is 0 Å². The molecule has 0 saturated heterocycles. The molecule has 6 nitrogen and oxygen atoms in total. The molecule has 0 radical (unpaired) electrons. The van der Waals surface area contributed by atoms with Crippen molar-refractivity contribution in [3.05, 3.63) is 47.6 Å². The number of phenols is 2. The Labute approximate surface area is 140 Å². The molecule has 1 aromatic carbocycles. The Morgan fingerprint density at radius 1 is 1.25 bits per heavy atom. The van der Waals surface area contributed by atoms with Gasteiger partial charge in [-0.15, -0.1) is 0 Å². The molecule has 0 fully saturated rings. The van der Waals surface area contributed by atoms with Crippen LogP contribution in [0, 0.1) is 0 Å². The third-order valence-electron chi connectivity index (χ3n) is 3.04. The second kappa shape index (κ2) is 9.52. The van der Waals surface area contributed by atoms with E-state index in [1.54, 1.807) is 26.0 Å². The van der Waals surface area contributed by atoms with Crippen molar-refractivity contribution in [2.45, 2.75) is 32.8 Å². The predicted molar refractivity (Wildman–Crippen MR) is 89.0 cm³/mol. The summed E-state index contributed by atoms with van der Waals surface area (Å²) < 4.78 is 4.83. The molecular formula is C18H22O6. The second-order valence-corrected chi connectivity index (χ2v) is 5.22. The molecule has 0 heterocycles. The van der Waals surface area contributed by atoms with Crippen molar-refractivity contribution in [1.82, 2.24) is 0 Å². The average molecular weight is 334 g/mol. The number of benzene rings is 1. The summed E-state index contributed by atoms with van der Waals surface area (Å²) >= 11 is 0. The molecule has 0 saturated carbocycles. The maximum absolute atomic E-state index is 12.3. The predicted octanol–water partition coefficient (Wildman–Crippen LogP) is 2.27. The first-order valence-electron chi connectivity index (χ1n) is 7.61. The maximum atomic E-state index is 12.3. The zero-order chi connectivity index (χ0) is 18.1. The van der Waals surface area contributed by atoms with E-state index < -0.39 is 23.6 Å². The summed E-state index contributed by atoms with van der Waals surface area (Å²) in [5.74, 6) is -1.72.